The van der Waals surface area contributed by atoms with Crippen LogP contribution in [-0.2, 0) is 25.5 Å². The van der Waals surface area contributed by atoms with Gasteiger partial charge in [0.15, 0.2) is 0 Å². The van der Waals surface area contributed by atoms with Crippen molar-refractivity contribution in [2.45, 2.75) is 32.7 Å². The molecular weight excluding hydrogens is 426 g/mol. The molecule has 1 aromatic rings. The first kappa shape index (κ1) is 24.5. The number of carbonyl (C=O) groups excluding carboxylic acids is 4. The SMILES string of the molecule is CCOC(=O)N1CCN(CC(=O)N2CCNC(=O)[C@H]2CC(=O)Nc2ccc(CC)cc2)CC1. The minimum absolute atomic E-state index is 0.107. The summed E-state index contributed by atoms with van der Waals surface area (Å²) in [5, 5.41) is 5.56. The Morgan fingerprint density at radius 3 is 2.39 bits per heavy atom. The number of nitrogens with one attached hydrogen (secondary N) is 2. The van der Waals surface area contributed by atoms with Gasteiger partial charge in [-0.05, 0) is 31.0 Å². The first-order chi connectivity index (χ1) is 15.9. The third kappa shape index (κ3) is 6.67. The average Bonchev–Trinajstić information content (AvgIpc) is 2.81. The largest absolute Gasteiger partial charge is 0.450 e. The van der Waals surface area contributed by atoms with Gasteiger partial charge in [0.25, 0.3) is 0 Å². The first-order valence-corrected chi connectivity index (χ1v) is 11.5. The van der Waals surface area contributed by atoms with Gasteiger partial charge in [-0.15, -0.1) is 0 Å². The summed E-state index contributed by atoms with van der Waals surface area (Å²) in [6.07, 6.45) is 0.460. The van der Waals surface area contributed by atoms with Crippen molar-refractivity contribution in [3.05, 3.63) is 29.8 Å². The molecule has 0 bridgehead atoms. The second-order valence-corrected chi connectivity index (χ2v) is 8.16. The number of ether oxygens (including phenoxy) is 1. The Hall–Kier alpha value is -3.14. The van der Waals surface area contributed by atoms with Crippen molar-refractivity contribution in [1.82, 2.24) is 20.0 Å². The number of hydrogen-bond donors (Lipinski definition) is 2. The van der Waals surface area contributed by atoms with Crippen molar-refractivity contribution < 1.29 is 23.9 Å². The third-order valence-corrected chi connectivity index (χ3v) is 5.93. The van der Waals surface area contributed by atoms with Gasteiger partial charge in [0.05, 0.1) is 19.6 Å². The number of aryl methyl sites for hydroxylation is 1. The van der Waals surface area contributed by atoms with E-state index >= 15 is 0 Å². The van der Waals surface area contributed by atoms with Crippen LogP contribution in [-0.4, -0.2) is 97.0 Å². The Labute approximate surface area is 194 Å². The maximum Gasteiger partial charge on any atom is 0.409 e. The molecule has 1 aromatic carbocycles. The molecule has 10 nitrogen and oxygen atoms in total. The number of anilines is 1. The topological polar surface area (TPSA) is 111 Å². The van der Waals surface area contributed by atoms with Crippen LogP contribution in [0.4, 0.5) is 10.5 Å². The molecule has 2 fully saturated rings. The maximum atomic E-state index is 13.0. The molecule has 2 heterocycles. The van der Waals surface area contributed by atoms with Gasteiger partial charge >= 0.3 is 6.09 Å². The highest BCUT2D eigenvalue weighted by Gasteiger charge is 2.35. The van der Waals surface area contributed by atoms with E-state index in [4.69, 9.17) is 4.74 Å². The van der Waals surface area contributed by atoms with Crippen LogP contribution < -0.4 is 10.6 Å². The highest BCUT2D eigenvalue weighted by molar-refractivity contribution is 5.97. The van der Waals surface area contributed by atoms with Crippen molar-refractivity contribution in [1.29, 1.82) is 0 Å². The van der Waals surface area contributed by atoms with Crippen molar-refractivity contribution in [2.24, 2.45) is 0 Å². The van der Waals surface area contributed by atoms with E-state index in [1.54, 1.807) is 11.8 Å². The quantitative estimate of drug-likeness (QED) is 0.620. The van der Waals surface area contributed by atoms with Crippen LogP contribution in [0.3, 0.4) is 0 Å². The zero-order valence-electron chi connectivity index (χ0n) is 19.3. The summed E-state index contributed by atoms with van der Waals surface area (Å²) >= 11 is 0. The summed E-state index contributed by atoms with van der Waals surface area (Å²) in [4.78, 5) is 55.0. The van der Waals surface area contributed by atoms with Gasteiger partial charge in [-0.25, -0.2) is 4.79 Å². The smallest absolute Gasteiger partial charge is 0.409 e. The lowest BCUT2D eigenvalue weighted by Crippen LogP contribution is -2.60. The number of nitrogens with zero attached hydrogens (tertiary/aromatic N) is 3. The minimum Gasteiger partial charge on any atom is -0.450 e. The Balaban J connectivity index is 1.54. The summed E-state index contributed by atoms with van der Waals surface area (Å²) in [6.45, 7) is 7.06. The van der Waals surface area contributed by atoms with E-state index in [-0.39, 0.29) is 36.8 Å². The lowest BCUT2D eigenvalue weighted by molar-refractivity contribution is -0.145. The predicted molar refractivity (Wildman–Crippen MR) is 123 cm³/mol. The average molecular weight is 460 g/mol. The van der Waals surface area contributed by atoms with Crippen LogP contribution in [0.25, 0.3) is 0 Å². The van der Waals surface area contributed by atoms with Crippen LogP contribution in [0.15, 0.2) is 24.3 Å². The fraction of sp³-hybridized carbons (Fsp3) is 0.565. The molecule has 0 radical (unpaired) electrons. The van der Waals surface area contributed by atoms with Gasteiger partial charge in [-0.3, -0.25) is 19.3 Å². The lowest BCUT2D eigenvalue weighted by Gasteiger charge is -2.38. The van der Waals surface area contributed by atoms with Crippen molar-refractivity contribution >= 4 is 29.5 Å². The number of carbonyl (C=O) groups is 4. The lowest BCUT2D eigenvalue weighted by atomic mass is 10.1. The second kappa shape index (κ2) is 11.6. The van der Waals surface area contributed by atoms with Gasteiger partial charge < -0.3 is 25.2 Å². The van der Waals surface area contributed by atoms with Crippen LogP contribution in [0, 0.1) is 0 Å². The molecule has 1 atom stereocenters. The molecule has 0 saturated carbocycles. The highest BCUT2D eigenvalue weighted by atomic mass is 16.6. The van der Waals surface area contributed by atoms with E-state index in [1.165, 1.54) is 10.5 Å². The van der Waals surface area contributed by atoms with Crippen LogP contribution in [0.2, 0.25) is 0 Å². The van der Waals surface area contributed by atoms with E-state index in [1.807, 2.05) is 29.2 Å². The van der Waals surface area contributed by atoms with Crippen LogP contribution in [0.1, 0.15) is 25.8 Å². The van der Waals surface area contributed by atoms with E-state index in [0.29, 0.717) is 51.6 Å². The number of piperazine rings is 2. The summed E-state index contributed by atoms with van der Waals surface area (Å²) in [5.41, 5.74) is 1.82. The summed E-state index contributed by atoms with van der Waals surface area (Å²) in [5.74, 6) is -0.833. The summed E-state index contributed by atoms with van der Waals surface area (Å²) < 4.78 is 5.02. The van der Waals surface area contributed by atoms with Gasteiger partial charge in [0.2, 0.25) is 17.7 Å². The predicted octanol–water partition coefficient (Wildman–Crippen LogP) is 0.679. The maximum absolute atomic E-state index is 13.0. The van der Waals surface area contributed by atoms with Crippen molar-refractivity contribution in [3.63, 3.8) is 0 Å². The zero-order valence-corrected chi connectivity index (χ0v) is 19.3. The Kier molecular flexibility index (Phi) is 8.65. The molecule has 2 saturated heterocycles. The molecule has 2 N–H and O–H groups in total. The molecule has 4 amide bonds. The Morgan fingerprint density at radius 1 is 1.06 bits per heavy atom. The zero-order chi connectivity index (χ0) is 23.8. The molecule has 180 valence electrons. The molecule has 0 spiro atoms. The minimum atomic E-state index is -0.845. The molecule has 3 rings (SSSR count). The van der Waals surface area contributed by atoms with Crippen molar-refractivity contribution in [2.75, 3.05) is 57.7 Å². The Morgan fingerprint density at radius 2 is 1.76 bits per heavy atom. The van der Waals surface area contributed by atoms with E-state index in [0.717, 1.165) is 6.42 Å². The second-order valence-electron chi connectivity index (χ2n) is 8.16. The fourth-order valence-electron chi connectivity index (χ4n) is 4.01. The number of amides is 4. The molecule has 0 unspecified atom stereocenters. The van der Waals surface area contributed by atoms with Gasteiger partial charge in [-0.1, -0.05) is 19.1 Å². The molecule has 0 aliphatic carbocycles. The monoisotopic (exact) mass is 459 g/mol. The highest BCUT2D eigenvalue weighted by Crippen LogP contribution is 2.15. The molecule has 0 aromatic heterocycles. The van der Waals surface area contributed by atoms with E-state index in [9.17, 15) is 19.2 Å². The van der Waals surface area contributed by atoms with Crippen LogP contribution in [0.5, 0.6) is 0 Å². The fourth-order valence-corrected chi connectivity index (χ4v) is 4.01. The van der Waals surface area contributed by atoms with Gasteiger partial charge in [0.1, 0.15) is 6.04 Å². The summed E-state index contributed by atoms with van der Waals surface area (Å²) in [7, 11) is 0. The van der Waals surface area contributed by atoms with Crippen molar-refractivity contribution in [3.8, 4) is 0 Å². The standard InChI is InChI=1S/C23H33N5O5/c1-3-17-5-7-18(8-6-17)25-20(29)15-19-22(31)24-9-10-28(19)21(30)16-26-11-13-27(14-12-26)23(32)33-4-2/h5-8,19H,3-4,9-16H2,1-2H3,(H,24,31)(H,25,29)/t19-/m1/s1. The van der Waals surface area contributed by atoms with E-state index < -0.39 is 6.04 Å². The van der Waals surface area contributed by atoms with Crippen LogP contribution >= 0.6 is 0 Å². The number of benzene rings is 1. The first-order valence-electron chi connectivity index (χ1n) is 11.5. The molecule has 2 aliphatic rings. The van der Waals surface area contributed by atoms with Gasteiger partial charge in [-0.2, -0.15) is 0 Å². The number of hydrogen-bond acceptors (Lipinski definition) is 6. The molecular formula is C23H33N5O5. The number of rotatable bonds is 7. The molecule has 33 heavy (non-hydrogen) atoms. The normalized spacial score (nSPS) is 19.1. The molecule has 2 aliphatic heterocycles. The van der Waals surface area contributed by atoms with E-state index in [2.05, 4.69) is 17.6 Å². The summed E-state index contributed by atoms with van der Waals surface area (Å²) in [6, 6.07) is 6.70. The Bertz CT molecular complexity index is 851. The third-order valence-electron chi connectivity index (χ3n) is 5.93. The van der Waals surface area contributed by atoms with Gasteiger partial charge in [0, 0.05) is 45.0 Å². The molecule has 10 heteroatoms.